The van der Waals surface area contributed by atoms with Crippen LogP contribution in [0.25, 0.3) is 6.08 Å². The number of nitriles is 1. The standard InChI is InChI=1S/C19H21ClN4O2/c1-12-6-16(17(26-5)8-15(12)20)23-18(25)14(9-21)7-13-10-22-24(11-13)19(2,3)4/h6-8,10-11H,1-5H3,(H,23,25). The van der Waals surface area contributed by atoms with Gasteiger partial charge in [0.2, 0.25) is 0 Å². The van der Waals surface area contributed by atoms with E-state index >= 15 is 0 Å². The number of halogens is 1. The van der Waals surface area contributed by atoms with E-state index in [1.54, 1.807) is 29.2 Å². The molecule has 26 heavy (non-hydrogen) atoms. The fourth-order valence-electron chi connectivity index (χ4n) is 2.21. The molecule has 2 rings (SSSR count). The lowest BCUT2D eigenvalue weighted by molar-refractivity contribution is -0.112. The van der Waals surface area contributed by atoms with Crippen LogP contribution in [-0.4, -0.2) is 22.8 Å². The number of amides is 1. The van der Waals surface area contributed by atoms with E-state index in [1.807, 2.05) is 33.8 Å². The highest BCUT2D eigenvalue weighted by molar-refractivity contribution is 6.31. The van der Waals surface area contributed by atoms with Gasteiger partial charge >= 0.3 is 0 Å². The Kier molecular flexibility index (Phi) is 5.73. The number of rotatable bonds is 4. The van der Waals surface area contributed by atoms with Crippen molar-refractivity contribution in [3.8, 4) is 11.8 Å². The van der Waals surface area contributed by atoms with E-state index in [4.69, 9.17) is 16.3 Å². The molecule has 0 fully saturated rings. The molecule has 0 saturated carbocycles. The smallest absolute Gasteiger partial charge is 0.266 e. The number of benzene rings is 1. The van der Waals surface area contributed by atoms with Gasteiger partial charge in [-0.25, -0.2) is 0 Å². The van der Waals surface area contributed by atoms with E-state index in [-0.39, 0.29) is 11.1 Å². The van der Waals surface area contributed by atoms with Crippen molar-refractivity contribution in [3.05, 3.63) is 46.2 Å². The lowest BCUT2D eigenvalue weighted by Gasteiger charge is -2.18. The lowest BCUT2D eigenvalue weighted by atomic mass is 10.1. The second-order valence-corrected chi connectivity index (χ2v) is 7.22. The van der Waals surface area contributed by atoms with Crippen molar-refractivity contribution in [2.75, 3.05) is 12.4 Å². The minimum atomic E-state index is -0.531. The topological polar surface area (TPSA) is 79.9 Å². The van der Waals surface area contributed by atoms with Gasteiger partial charge in [0, 0.05) is 22.8 Å². The number of aromatic nitrogens is 2. The van der Waals surface area contributed by atoms with Crippen LogP contribution >= 0.6 is 11.6 Å². The molecule has 0 spiro atoms. The molecule has 0 aliphatic heterocycles. The highest BCUT2D eigenvalue weighted by atomic mass is 35.5. The third-order valence-corrected chi connectivity index (χ3v) is 4.10. The lowest BCUT2D eigenvalue weighted by Crippen LogP contribution is -2.21. The van der Waals surface area contributed by atoms with E-state index in [1.165, 1.54) is 13.2 Å². The van der Waals surface area contributed by atoms with Crippen molar-refractivity contribution in [3.63, 3.8) is 0 Å². The number of methoxy groups -OCH3 is 1. The number of nitrogens with one attached hydrogen (secondary N) is 1. The molecular weight excluding hydrogens is 352 g/mol. The van der Waals surface area contributed by atoms with Crippen molar-refractivity contribution in [1.82, 2.24) is 9.78 Å². The van der Waals surface area contributed by atoms with Gasteiger partial charge in [-0.05, 0) is 45.4 Å². The van der Waals surface area contributed by atoms with Crippen molar-refractivity contribution < 1.29 is 9.53 Å². The maximum absolute atomic E-state index is 12.5. The first-order valence-electron chi connectivity index (χ1n) is 7.98. The van der Waals surface area contributed by atoms with Crippen molar-refractivity contribution in [2.24, 2.45) is 0 Å². The Balaban J connectivity index is 2.29. The molecule has 136 valence electrons. The molecule has 0 radical (unpaired) electrons. The maximum atomic E-state index is 12.5. The zero-order valence-corrected chi connectivity index (χ0v) is 16.2. The maximum Gasteiger partial charge on any atom is 0.266 e. The molecule has 0 bridgehead atoms. The van der Waals surface area contributed by atoms with Crippen LogP contribution in [0.4, 0.5) is 5.69 Å². The zero-order valence-electron chi connectivity index (χ0n) is 15.4. The van der Waals surface area contributed by atoms with Crippen LogP contribution in [0.15, 0.2) is 30.1 Å². The number of carbonyl (C=O) groups excluding carboxylic acids is 1. The minimum absolute atomic E-state index is 0.0342. The number of aryl methyl sites for hydroxylation is 1. The summed E-state index contributed by atoms with van der Waals surface area (Å²) in [6.45, 7) is 7.86. The number of ether oxygens (including phenoxy) is 1. The first-order chi connectivity index (χ1) is 12.2. The summed E-state index contributed by atoms with van der Waals surface area (Å²) in [5, 5.41) is 16.9. The van der Waals surface area contributed by atoms with Gasteiger partial charge in [-0.15, -0.1) is 0 Å². The first-order valence-corrected chi connectivity index (χ1v) is 8.36. The van der Waals surface area contributed by atoms with Gasteiger partial charge in [0.1, 0.15) is 17.4 Å². The molecule has 0 aliphatic carbocycles. The van der Waals surface area contributed by atoms with Crippen LogP contribution in [0.1, 0.15) is 31.9 Å². The third-order valence-electron chi connectivity index (χ3n) is 3.69. The van der Waals surface area contributed by atoms with E-state index in [0.29, 0.717) is 22.0 Å². The summed E-state index contributed by atoms with van der Waals surface area (Å²) < 4.78 is 7.01. The Hall–Kier alpha value is -2.78. The summed E-state index contributed by atoms with van der Waals surface area (Å²) in [5.41, 5.74) is 1.69. The van der Waals surface area contributed by atoms with E-state index in [0.717, 1.165) is 5.56 Å². The second-order valence-electron chi connectivity index (χ2n) is 6.81. The van der Waals surface area contributed by atoms with E-state index < -0.39 is 5.91 Å². The van der Waals surface area contributed by atoms with Crippen LogP contribution in [0, 0.1) is 18.3 Å². The zero-order chi connectivity index (χ0) is 19.5. The summed E-state index contributed by atoms with van der Waals surface area (Å²) in [5.74, 6) is -0.108. The molecule has 1 amide bonds. The number of carbonyl (C=O) groups is 1. The molecular formula is C19H21ClN4O2. The number of hydrogen-bond donors (Lipinski definition) is 1. The monoisotopic (exact) mass is 372 g/mol. The fraction of sp³-hybridized carbons (Fsp3) is 0.316. The Morgan fingerprint density at radius 1 is 1.42 bits per heavy atom. The molecule has 0 atom stereocenters. The minimum Gasteiger partial charge on any atom is -0.495 e. The predicted octanol–water partition coefficient (Wildman–Crippen LogP) is 4.15. The Morgan fingerprint density at radius 3 is 2.65 bits per heavy atom. The van der Waals surface area contributed by atoms with Gasteiger partial charge in [0.15, 0.2) is 0 Å². The Labute approximate surface area is 158 Å². The van der Waals surface area contributed by atoms with Crippen LogP contribution in [0.2, 0.25) is 5.02 Å². The van der Waals surface area contributed by atoms with Crippen LogP contribution in [0.5, 0.6) is 5.75 Å². The first kappa shape index (κ1) is 19.5. The quantitative estimate of drug-likeness (QED) is 0.645. The molecule has 6 nitrogen and oxygen atoms in total. The molecule has 1 heterocycles. The average Bonchev–Trinajstić information content (AvgIpc) is 3.04. The van der Waals surface area contributed by atoms with E-state index in [9.17, 15) is 10.1 Å². The summed E-state index contributed by atoms with van der Waals surface area (Å²) in [6.07, 6.45) is 4.90. The van der Waals surface area contributed by atoms with E-state index in [2.05, 4.69) is 10.4 Å². The molecule has 1 aromatic heterocycles. The Bertz CT molecular complexity index is 901. The van der Waals surface area contributed by atoms with Crippen molar-refractivity contribution in [1.29, 1.82) is 5.26 Å². The van der Waals surface area contributed by atoms with Gasteiger partial charge in [0.05, 0.1) is 24.5 Å². The van der Waals surface area contributed by atoms with Gasteiger partial charge in [-0.2, -0.15) is 10.4 Å². The second kappa shape index (κ2) is 7.63. The van der Waals surface area contributed by atoms with Gasteiger partial charge in [-0.3, -0.25) is 9.48 Å². The molecule has 1 N–H and O–H groups in total. The SMILES string of the molecule is COc1cc(Cl)c(C)cc1NC(=O)C(C#N)=Cc1cnn(C(C)(C)C)c1. The molecule has 7 heteroatoms. The van der Waals surface area contributed by atoms with Gasteiger partial charge in [0.25, 0.3) is 5.91 Å². The van der Waals surface area contributed by atoms with Crippen LogP contribution in [0.3, 0.4) is 0 Å². The summed E-state index contributed by atoms with van der Waals surface area (Å²) in [6, 6.07) is 5.25. The van der Waals surface area contributed by atoms with Crippen molar-refractivity contribution in [2.45, 2.75) is 33.2 Å². The third kappa shape index (κ3) is 4.44. The van der Waals surface area contributed by atoms with Gasteiger partial charge in [-0.1, -0.05) is 11.6 Å². The molecule has 2 aromatic rings. The number of hydrogen-bond acceptors (Lipinski definition) is 4. The number of nitrogens with zero attached hydrogens (tertiary/aromatic N) is 3. The number of anilines is 1. The molecule has 0 unspecified atom stereocenters. The normalized spacial score (nSPS) is 11.8. The molecule has 1 aromatic carbocycles. The highest BCUT2D eigenvalue weighted by Crippen LogP contribution is 2.31. The van der Waals surface area contributed by atoms with Crippen LogP contribution < -0.4 is 10.1 Å². The van der Waals surface area contributed by atoms with Crippen LogP contribution in [-0.2, 0) is 10.3 Å². The summed E-state index contributed by atoms with van der Waals surface area (Å²) in [7, 11) is 1.48. The highest BCUT2D eigenvalue weighted by Gasteiger charge is 2.16. The van der Waals surface area contributed by atoms with Crippen molar-refractivity contribution >= 4 is 29.3 Å². The molecule has 0 aliphatic rings. The summed E-state index contributed by atoms with van der Waals surface area (Å²) >= 11 is 6.07. The fourth-order valence-corrected chi connectivity index (χ4v) is 2.37. The largest absolute Gasteiger partial charge is 0.495 e. The predicted molar refractivity (Wildman–Crippen MR) is 102 cm³/mol. The Morgan fingerprint density at radius 2 is 2.12 bits per heavy atom. The van der Waals surface area contributed by atoms with Gasteiger partial charge < -0.3 is 10.1 Å². The molecule has 0 saturated heterocycles. The summed E-state index contributed by atoms with van der Waals surface area (Å²) in [4.78, 5) is 12.5. The average molecular weight is 373 g/mol.